The smallest absolute Gasteiger partial charge is 0.308 e. The number of carbonyl (C=O) groups excluding carboxylic acids is 1. The molecule has 0 radical (unpaired) electrons. The van der Waals surface area contributed by atoms with Crippen molar-refractivity contribution in [3.05, 3.63) is 34.9 Å². The second-order valence-electron chi connectivity index (χ2n) is 11.1. The topological polar surface area (TPSA) is 59.3 Å². The van der Waals surface area contributed by atoms with Crippen LogP contribution in [0.1, 0.15) is 116 Å². The quantitative estimate of drug-likeness (QED) is 0.219. The summed E-state index contributed by atoms with van der Waals surface area (Å²) in [7, 11) is 0. The maximum Gasteiger partial charge on any atom is 0.308 e. The van der Waals surface area contributed by atoms with Gasteiger partial charge in [-0.1, -0.05) is 65.4 Å². The highest BCUT2D eigenvalue weighted by Crippen LogP contribution is 2.55. The Bertz CT molecular complexity index is 935. The van der Waals surface area contributed by atoms with Gasteiger partial charge in [-0.3, -0.25) is 4.79 Å². The molecule has 1 aromatic rings. The third kappa shape index (κ3) is 5.81. The highest BCUT2D eigenvalue weighted by Gasteiger charge is 2.47. The van der Waals surface area contributed by atoms with Crippen LogP contribution in [0.2, 0.25) is 0 Å². The highest BCUT2D eigenvalue weighted by molar-refractivity contribution is 5.71. The Hall–Kier alpha value is -2.28. The van der Waals surface area contributed by atoms with E-state index in [0.29, 0.717) is 12.2 Å². The van der Waals surface area contributed by atoms with Crippen molar-refractivity contribution in [1.82, 2.24) is 0 Å². The van der Waals surface area contributed by atoms with Crippen LogP contribution < -0.4 is 9.47 Å². The monoisotopic (exact) mass is 451 g/mol. The van der Waals surface area contributed by atoms with Gasteiger partial charge in [0, 0.05) is 29.9 Å². The zero-order valence-corrected chi connectivity index (χ0v) is 21.4. The zero-order valence-electron chi connectivity index (χ0n) is 21.4. The van der Waals surface area contributed by atoms with E-state index in [4.69, 9.17) is 9.47 Å². The summed E-state index contributed by atoms with van der Waals surface area (Å²) >= 11 is 0. The van der Waals surface area contributed by atoms with E-state index in [1.807, 2.05) is 6.08 Å². The number of allylic oxidation sites excluding steroid dienone is 2. The van der Waals surface area contributed by atoms with Crippen LogP contribution in [-0.4, -0.2) is 11.6 Å². The Balaban J connectivity index is 1.94. The second kappa shape index (κ2) is 10.3. The molecule has 0 saturated carbocycles. The van der Waals surface area contributed by atoms with Crippen molar-refractivity contribution < 1.29 is 14.3 Å². The average molecular weight is 452 g/mol. The molecule has 0 amide bonds. The summed E-state index contributed by atoms with van der Waals surface area (Å²) in [5.41, 5.74) is 2.50. The van der Waals surface area contributed by atoms with E-state index in [9.17, 15) is 10.1 Å². The Morgan fingerprint density at radius 3 is 2.58 bits per heavy atom. The Kier molecular flexibility index (Phi) is 7.93. The molecule has 2 aliphatic rings. The highest BCUT2D eigenvalue weighted by atomic mass is 16.5. The van der Waals surface area contributed by atoms with Gasteiger partial charge < -0.3 is 9.47 Å². The van der Waals surface area contributed by atoms with Crippen molar-refractivity contribution >= 4 is 5.97 Å². The number of carbonyl (C=O) groups is 1. The fourth-order valence-corrected chi connectivity index (χ4v) is 5.59. The molecule has 1 heterocycles. The number of esters is 1. The zero-order chi connectivity index (χ0) is 24.2. The van der Waals surface area contributed by atoms with Gasteiger partial charge >= 0.3 is 5.97 Å². The summed E-state index contributed by atoms with van der Waals surface area (Å²) in [5, 5.41) is 9.54. The van der Waals surface area contributed by atoms with Gasteiger partial charge in [0.25, 0.3) is 0 Å². The Morgan fingerprint density at radius 2 is 1.91 bits per heavy atom. The van der Waals surface area contributed by atoms with Crippen LogP contribution in [0.3, 0.4) is 0 Å². The molecule has 0 bridgehead atoms. The average Bonchev–Trinajstić information content (AvgIpc) is 2.74. The van der Waals surface area contributed by atoms with E-state index in [1.54, 1.807) is 0 Å². The standard InChI is InChI=1S/C29H41NO3/c1-7-8-9-10-11-12-15-28(3,4)22-17-25(32-20(2)31)27-23-16-21(19-30)13-14-24(23)29(5,6)33-26(27)18-22/h13,17-18,23-24H,7-12,14-16H2,1-6H3/t23-,24-/m1/s1. The number of fused-ring (bicyclic) bond motifs is 3. The van der Waals surface area contributed by atoms with Crippen LogP contribution in [-0.2, 0) is 10.2 Å². The number of hydrogen-bond donors (Lipinski definition) is 0. The molecule has 0 saturated heterocycles. The maximum absolute atomic E-state index is 12.0. The van der Waals surface area contributed by atoms with Gasteiger partial charge in [0.1, 0.15) is 17.1 Å². The minimum absolute atomic E-state index is 0.0523. The summed E-state index contributed by atoms with van der Waals surface area (Å²) < 4.78 is 12.4. The molecule has 4 heteroatoms. The lowest BCUT2D eigenvalue weighted by atomic mass is 9.66. The summed E-state index contributed by atoms with van der Waals surface area (Å²) in [4.78, 5) is 12.0. The largest absolute Gasteiger partial charge is 0.487 e. The minimum atomic E-state index is -0.356. The third-order valence-corrected chi connectivity index (χ3v) is 7.62. The van der Waals surface area contributed by atoms with Crippen LogP contribution >= 0.6 is 0 Å². The predicted molar refractivity (Wildman–Crippen MR) is 133 cm³/mol. The summed E-state index contributed by atoms with van der Waals surface area (Å²) in [5.74, 6) is 1.43. The van der Waals surface area contributed by atoms with Crippen molar-refractivity contribution in [3.63, 3.8) is 0 Å². The van der Waals surface area contributed by atoms with Gasteiger partial charge in [0.2, 0.25) is 0 Å². The normalized spacial score (nSPS) is 21.2. The Morgan fingerprint density at radius 1 is 1.21 bits per heavy atom. The SMILES string of the molecule is CCCCCCCCC(C)(C)c1cc(OC(C)=O)c2c(c1)OC(C)(C)[C@@H]1CC=C(C#N)C[C@@H]21. The molecule has 0 fully saturated rings. The molecular weight excluding hydrogens is 410 g/mol. The third-order valence-electron chi connectivity index (χ3n) is 7.62. The van der Waals surface area contributed by atoms with Crippen molar-refractivity contribution in [2.24, 2.45) is 5.92 Å². The van der Waals surface area contributed by atoms with Crippen LogP contribution in [0.4, 0.5) is 0 Å². The van der Waals surface area contributed by atoms with Crippen molar-refractivity contribution in [2.45, 2.75) is 116 Å². The van der Waals surface area contributed by atoms with Gasteiger partial charge in [0.15, 0.2) is 0 Å². The van der Waals surface area contributed by atoms with Gasteiger partial charge in [-0.15, -0.1) is 0 Å². The molecule has 0 aromatic heterocycles. The number of nitrogens with zero attached hydrogens (tertiary/aromatic N) is 1. The first-order valence-electron chi connectivity index (χ1n) is 12.7. The van der Waals surface area contributed by atoms with E-state index < -0.39 is 0 Å². The molecule has 2 atom stereocenters. The van der Waals surface area contributed by atoms with E-state index in [-0.39, 0.29) is 28.8 Å². The van der Waals surface area contributed by atoms with Gasteiger partial charge in [-0.25, -0.2) is 0 Å². The van der Waals surface area contributed by atoms with Crippen LogP contribution in [0.25, 0.3) is 0 Å². The first-order chi connectivity index (χ1) is 15.6. The molecule has 0 spiro atoms. The molecule has 0 unspecified atom stereocenters. The fraction of sp³-hybridized carbons (Fsp3) is 0.655. The number of unbranched alkanes of at least 4 members (excludes halogenated alkanes) is 5. The van der Waals surface area contributed by atoms with Crippen LogP contribution in [0.15, 0.2) is 23.8 Å². The number of ether oxygens (including phenoxy) is 2. The fourth-order valence-electron chi connectivity index (χ4n) is 5.59. The molecule has 3 rings (SSSR count). The molecule has 1 aliphatic carbocycles. The predicted octanol–water partition coefficient (Wildman–Crippen LogP) is 7.75. The van der Waals surface area contributed by atoms with E-state index >= 15 is 0 Å². The number of rotatable bonds is 9. The van der Waals surface area contributed by atoms with Crippen LogP contribution in [0.5, 0.6) is 11.5 Å². The summed E-state index contributed by atoms with van der Waals surface area (Å²) in [6, 6.07) is 6.57. The van der Waals surface area contributed by atoms with E-state index in [0.717, 1.165) is 35.3 Å². The van der Waals surface area contributed by atoms with Crippen molar-refractivity contribution in [3.8, 4) is 17.6 Å². The number of hydrogen-bond acceptors (Lipinski definition) is 4. The van der Waals surface area contributed by atoms with Crippen LogP contribution in [0, 0.1) is 17.2 Å². The lowest BCUT2D eigenvalue weighted by Crippen LogP contribution is -2.45. The van der Waals surface area contributed by atoms with Gasteiger partial charge in [-0.2, -0.15) is 5.26 Å². The van der Waals surface area contributed by atoms with E-state index in [1.165, 1.54) is 45.4 Å². The molecule has 0 N–H and O–H groups in total. The van der Waals surface area contributed by atoms with Gasteiger partial charge in [0.05, 0.1) is 6.07 Å². The molecule has 1 aromatic carbocycles. The first-order valence-corrected chi connectivity index (χ1v) is 12.7. The molecule has 1 aliphatic heterocycles. The van der Waals surface area contributed by atoms with Crippen molar-refractivity contribution in [1.29, 1.82) is 5.26 Å². The second-order valence-corrected chi connectivity index (χ2v) is 11.1. The minimum Gasteiger partial charge on any atom is -0.487 e. The maximum atomic E-state index is 12.0. The molecule has 4 nitrogen and oxygen atoms in total. The molecule has 33 heavy (non-hydrogen) atoms. The summed E-state index contributed by atoms with van der Waals surface area (Å²) in [6.45, 7) is 12.5. The van der Waals surface area contributed by atoms with Gasteiger partial charge in [-0.05, 0) is 56.2 Å². The van der Waals surface area contributed by atoms with E-state index in [2.05, 4.69) is 52.8 Å². The van der Waals surface area contributed by atoms with Crippen molar-refractivity contribution in [2.75, 3.05) is 0 Å². The number of nitriles is 1. The first kappa shape index (κ1) is 25.3. The Labute approximate surface area is 200 Å². The molecular formula is C29H41NO3. The summed E-state index contributed by atoms with van der Waals surface area (Å²) in [6.07, 6.45) is 12.2. The molecule has 180 valence electrons. The number of benzene rings is 1. The lowest BCUT2D eigenvalue weighted by Gasteiger charge is -2.47. The lowest BCUT2D eigenvalue weighted by molar-refractivity contribution is -0.132.